The lowest BCUT2D eigenvalue weighted by molar-refractivity contribution is 0.656. The monoisotopic (exact) mass is 1450 g/mol. The van der Waals surface area contributed by atoms with Crippen molar-refractivity contribution in [2.45, 2.75) is 19.3 Å². The van der Waals surface area contributed by atoms with Gasteiger partial charge in [-0.25, -0.2) is 0 Å². The minimum atomic E-state index is -0.138. The average Bonchev–Trinajstić information content (AvgIpc) is 1.56. The van der Waals surface area contributed by atoms with Crippen LogP contribution in [0.2, 0.25) is 0 Å². The van der Waals surface area contributed by atoms with Gasteiger partial charge in [-0.3, -0.25) is 0 Å². The molecule has 0 bridgehead atoms. The van der Waals surface area contributed by atoms with Gasteiger partial charge in [0, 0.05) is 49.0 Å². The van der Waals surface area contributed by atoms with Crippen LogP contribution in [0.5, 0.6) is 0 Å². The van der Waals surface area contributed by atoms with Crippen molar-refractivity contribution >= 4 is 130 Å². The zero-order valence-corrected chi connectivity index (χ0v) is 63.5. The Hall–Kier alpha value is -14.6. The van der Waals surface area contributed by atoms with E-state index in [4.69, 9.17) is 0 Å². The highest BCUT2D eigenvalue weighted by Gasteiger charge is 2.38. The molecule has 0 amide bonds. The lowest BCUT2D eigenvalue weighted by Gasteiger charge is -2.26. The molecule has 114 heavy (non-hydrogen) atoms. The lowest BCUT2D eigenvalue weighted by atomic mass is 9.81. The maximum atomic E-state index is 2.52. The fraction of sp³-hybridized carbons (Fsp3) is 0.0270. The van der Waals surface area contributed by atoms with Gasteiger partial charge in [-0.2, -0.15) is 0 Å². The van der Waals surface area contributed by atoms with E-state index >= 15 is 0 Å². The summed E-state index contributed by atoms with van der Waals surface area (Å²) in [7, 11) is 0. The molecule has 0 saturated heterocycles. The summed E-state index contributed by atoms with van der Waals surface area (Å²) < 4.78 is 7.39. The summed E-state index contributed by atoms with van der Waals surface area (Å²) in [6.45, 7) is 4.75. The topological polar surface area (TPSA) is 14.8 Å². The molecule has 0 saturated carbocycles. The molecule has 1 aliphatic rings. The summed E-state index contributed by atoms with van der Waals surface area (Å²) in [6, 6.07) is 160. The second-order valence-electron chi connectivity index (χ2n) is 30.0. The first-order valence-corrected chi connectivity index (χ1v) is 39.5. The highest BCUT2D eigenvalue weighted by atomic mass is 15.0. The molecular formula is C111H79N3. The summed E-state index contributed by atoms with van der Waals surface area (Å²) in [5, 5.41) is 22.3. The number of rotatable bonds is 5. The van der Waals surface area contributed by atoms with Crippen molar-refractivity contribution in [3.05, 3.63) is 454 Å². The van der Waals surface area contributed by atoms with Crippen LogP contribution in [0.25, 0.3) is 180 Å². The molecule has 0 spiro atoms. The molecule has 538 valence electrons. The lowest BCUT2D eigenvalue weighted by Crippen LogP contribution is -2.18. The van der Waals surface area contributed by atoms with Gasteiger partial charge in [-0.05, 0) is 164 Å². The molecule has 0 atom stereocenters. The van der Waals surface area contributed by atoms with Crippen molar-refractivity contribution in [2.75, 3.05) is 0 Å². The Kier molecular flexibility index (Phi) is 17.6. The van der Waals surface area contributed by atoms with E-state index in [-0.39, 0.29) is 5.41 Å². The molecule has 3 nitrogen and oxygen atoms in total. The van der Waals surface area contributed by atoms with Crippen LogP contribution in [0.3, 0.4) is 0 Å². The Morgan fingerprint density at radius 1 is 0.158 bits per heavy atom. The van der Waals surface area contributed by atoms with Crippen LogP contribution in [0.15, 0.2) is 443 Å². The fourth-order valence-electron chi connectivity index (χ4n) is 18.3. The van der Waals surface area contributed by atoms with Gasteiger partial charge in [0.05, 0.1) is 44.5 Å². The summed E-state index contributed by atoms with van der Waals surface area (Å²) in [5.74, 6) is 0. The molecule has 0 aliphatic heterocycles. The third-order valence-corrected chi connectivity index (χ3v) is 23.3. The largest absolute Gasteiger partial charge is 0.309 e. The van der Waals surface area contributed by atoms with Crippen LogP contribution >= 0.6 is 0 Å². The first kappa shape index (κ1) is 68.6. The molecule has 0 radical (unpaired) electrons. The standard InChI is InChI=1S/C39H29N.2C36H25N/c1-39(2)34-22-10-7-18-30(34)33-21-13-25-37(38(33)39)40-35-23-11-8-19-31(35)28-16-5-3-14-26(28)27-15-4-6-17-29(27)32-20-9-12-24-36(32)40;1-2-14-26(15-3-1)27-16-8-11-23-34(27)37-35-24-12-9-21-32(35)30-19-6-4-17-28(30)29-18-5-7-20-31(29)33-22-10-13-25-36(33)37;1-2-12-26(13-3-1)27-22-24-28(25-23-27)37-35-20-10-8-18-33(35)31-16-6-4-14-29(31)30-15-5-7-17-32(30)34-19-9-11-21-36(34)37/h3-25H,1-2H3;2*1-25H. The maximum absolute atomic E-state index is 2.52. The van der Waals surface area contributed by atoms with Crippen molar-refractivity contribution in [1.29, 1.82) is 0 Å². The number of aromatic nitrogens is 3. The van der Waals surface area contributed by atoms with E-state index in [0.29, 0.717) is 0 Å². The fourth-order valence-corrected chi connectivity index (χ4v) is 18.3. The second-order valence-corrected chi connectivity index (χ2v) is 30.0. The van der Waals surface area contributed by atoms with Crippen LogP contribution in [0, 0.1) is 0 Å². The van der Waals surface area contributed by atoms with E-state index in [1.807, 2.05) is 0 Å². The van der Waals surface area contributed by atoms with Crippen LogP contribution in [0.1, 0.15) is 25.0 Å². The molecule has 3 heterocycles. The molecule has 18 aromatic carbocycles. The second kappa shape index (κ2) is 29.3. The number of hydrogen-bond acceptors (Lipinski definition) is 0. The maximum Gasteiger partial charge on any atom is 0.0540 e. The van der Waals surface area contributed by atoms with E-state index in [1.54, 1.807) is 0 Å². The third kappa shape index (κ3) is 11.9. The highest BCUT2D eigenvalue weighted by molar-refractivity contribution is 6.23. The van der Waals surface area contributed by atoms with Crippen molar-refractivity contribution in [1.82, 2.24) is 13.7 Å². The summed E-state index contributed by atoms with van der Waals surface area (Å²) in [4.78, 5) is 0. The average molecular weight is 1450 g/mol. The van der Waals surface area contributed by atoms with Crippen molar-refractivity contribution in [2.24, 2.45) is 0 Å². The van der Waals surface area contributed by atoms with E-state index in [0.717, 1.165) is 11.4 Å². The first-order valence-electron chi connectivity index (χ1n) is 39.5. The zero-order valence-electron chi connectivity index (χ0n) is 63.5. The van der Waals surface area contributed by atoms with E-state index in [9.17, 15) is 0 Å². The number of fused-ring (bicyclic) bond motifs is 24. The van der Waals surface area contributed by atoms with Crippen LogP contribution in [-0.4, -0.2) is 13.7 Å². The molecular weight excluding hydrogens is 1380 g/mol. The predicted molar refractivity (Wildman–Crippen MR) is 489 cm³/mol. The summed E-state index contributed by atoms with van der Waals surface area (Å²) in [6.07, 6.45) is 0. The number of benzene rings is 18. The summed E-state index contributed by atoms with van der Waals surface area (Å²) in [5.41, 5.74) is 20.7. The molecule has 22 rings (SSSR count). The van der Waals surface area contributed by atoms with Gasteiger partial charge in [0.2, 0.25) is 0 Å². The molecule has 0 N–H and O–H groups in total. The third-order valence-electron chi connectivity index (χ3n) is 23.3. The zero-order chi connectivity index (χ0) is 76.1. The smallest absolute Gasteiger partial charge is 0.0540 e. The van der Waals surface area contributed by atoms with Gasteiger partial charge in [0.1, 0.15) is 0 Å². The Morgan fingerprint density at radius 2 is 0.395 bits per heavy atom. The Bertz CT molecular complexity index is 7250. The molecule has 0 unspecified atom stereocenters. The first-order chi connectivity index (χ1) is 56.4. The van der Waals surface area contributed by atoms with Crippen LogP contribution in [0.4, 0.5) is 0 Å². The van der Waals surface area contributed by atoms with E-state index in [2.05, 4.69) is 470 Å². The SMILES string of the molecule is CC1(C)c2ccccc2-c2cccc(-n3c4ccccc4c4ccccc4c4ccccc4c4ccccc43)c21.c1ccc(-c2ccc(-n3c4ccccc4c4ccccc4c4ccccc4c4ccccc43)cc2)cc1.c1ccc(-c2ccccc2-n2c3ccccc3c3ccccc3c3ccccc3c3ccccc32)cc1. The number of hydrogen-bond donors (Lipinski definition) is 0. The minimum Gasteiger partial charge on any atom is -0.309 e. The van der Waals surface area contributed by atoms with Gasteiger partial charge < -0.3 is 13.7 Å². The Balaban J connectivity index is 0.000000111. The molecule has 3 heteroatoms. The van der Waals surface area contributed by atoms with Gasteiger partial charge in [-0.1, -0.05) is 396 Å². The highest BCUT2D eigenvalue weighted by Crippen LogP contribution is 2.52. The van der Waals surface area contributed by atoms with Crippen LogP contribution in [-0.2, 0) is 5.41 Å². The van der Waals surface area contributed by atoms with E-state index in [1.165, 1.54) is 180 Å². The number of nitrogens with zero attached hydrogens (tertiary/aromatic N) is 3. The van der Waals surface area contributed by atoms with E-state index < -0.39 is 0 Å². The normalized spacial score (nSPS) is 12.0. The van der Waals surface area contributed by atoms with Gasteiger partial charge >= 0.3 is 0 Å². The Labute approximate surface area is 663 Å². The summed E-state index contributed by atoms with van der Waals surface area (Å²) >= 11 is 0. The molecule has 21 aromatic rings. The Morgan fingerprint density at radius 3 is 0.754 bits per heavy atom. The quantitative estimate of drug-likeness (QED) is 0.163. The van der Waals surface area contributed by atoms with Crippen molar-refractivity contribution in [3.63, 3.8) is 0 Å². The van der Waals surface area contributed by atoms with Crippen molar-refractivity contribution < 1.29 is 0 Å². The molecule has 3 aromatic heterocycles. The van der Waals surface area contributed by atoms with Gasteiger partial charge in [0.25, 0.3) is 0 Å². The van der Waals surface area contributed by atoms with Crippen molar-refractivity contribution in [3.8, 4) is 50.4 Å². The number of para-hydroxylation sites is 7. The predicted octanol–water partition coefficient (Wildman–Crippen LogP) is 30.3. The van der Waals surface area contributed by atoms with Crippen LogP contribution < -0.4 is 0 Å². The molecule has 1 aliphatic carbocycles. The van der Waals surface area contributed by atoms with Gasteiger partial charge in [-0.15, -0.1) is 0 Å². The van der Waals surface area contributed by atoms with Gasteiger partial charge in [0.15, 0.2) is 0 Å². The molecule has 0 fully saturated rings. The minimum absolute atomic E-state index is 0.138.